The average Bonchev–Trinajstić information content (AvgIpc) is 3.21. The van der Waals surface area contributed by atoms with Crippen molar-refractivity contribution in [2.24, 2.45) is 7.05 Å². The molecule has 0 fully saturated rings. The zero-order chi connectivity index (χ0) is 23.5. The van der Waals surface area contributed by atoms with Crippen molar-refractivity contribution in [3.05, 3.63) is 108 Å². The summed E-state index contributed by atoms with van der Waals surface area (Å²) in [6, 6.07) is 21.2. The van der Waals surface area contributed by atoms with Gasteiger partial charge in [0.05, 0.1) is 30.0 Å². The SMILES string of the molecule is Cc1ncc(-c2cnc3cnc(CC(=O)c4ccc(OCc5ccccc5)cc4)cc3c2)n1C. The van der Waals surface area contributed by atoms with E-state index >= 15 is 0 Å². The van der Waals surface area contributed by atoms with E-state index in [1.54, 1.807) is 18.3 Å². The third kappa shape index (κ3) is 4.57. The van der Waals surface area contributed by atoms with Crippen LogP contribution in [0.5, 0.6) is 5.75 Å². The zero-order valence-corrected chi connectivity index (χ0v) is 19.1. The van der Waals surface area contributed by atoms with E-state index in [1.807, 2.05) is 79.5 Å². The first kappa shape index (κ1) is 21.5. The molecule has 6 heteroatoms. The van der Waals surface area contributed by atoms with E-state index in [0.29, 0.717) is 17.9 Å². The molecule has 0 bridgehead atoms. The molecule has 5 rings (SSSR count). The van der Waals surface area contributed by atoms with E-state index in [1.165, 1.54) is 0 Å². The lowest BCUT2D eigenvalue weighted by molar-refractivity contribution is 0.0992. The van der Waals surface area contributed by atoms with Gasteiger partial charge in [0.2, 0.25) is 0 Å². The minimum Gasteiger partial charge on any atom is -0.489 e. The molecule has 2 aromatic carbocycles. The van der Waals surface area contributed by atoms with Crippen LogP contribution in [-0.2, 0) is 20.1 Å². The van der Waals surface area contributed by atoms with Crippen LogP contribution in [0.1, 0.15) is 27.4 Å². The number of aromatic nitrogens is 4. The quantitative estimate of drug-likeness (QED) is 0.314. The summed E-state index contributed by atoms with van der Waals surface area (Å²) < 4.78 is 7.84. The van der Waals surface area contributed by atoms with Gasteiger partial charge in [-0.1, -0.05) is 30.3 Å². The largest absolute Gasteiger partial charge is 0.489 e. The normalized spacial score (nSPS) is 11.0. The third-order valence-corrected chi connectivity index (χ3v) is 5.91. The number of Topliss-reactive ketones (excluding diaryl/α,β-unsaturated/α-hetero) is 1. The molecule has 0 saturated heterocycles. The van der Waals surface area contributed by atoms with Gasteiger partial charge in [-0.3, -0.25) is 14.8 Å². The minimum absolute atomic E-state index is 0.00725. The highest BCUT2D eigenvalue weighted by atomic mass is 16.5. The van der Waals surface area contributed by atoms with Gasteiger partial charge < -0.3 is 9.30 Å². The molecule has 5 aromatic rings. The van der Waals surface area contributed by atoms with Gasteiger partial charge in [0.1, 0.15) is 18.2 Å². The van der Waals surface area contributed by atoms with Crippen molar-refractivity contribution >= 4 is 16.7 Å². The predicted octanol–water partition coefficient (Wildman–Crippen LogP) is 5.34. The summed E-state index contributed by atoms with van der Waals surface area (Å²) in [6.07, 6.45) is 5.61. The molecular formula is C28H24N4O2. The highest BCUT2D eigenvalue weighted by Crippen LogP contribution is 2.24. The maximum Gasteiger partial charge on any atom is 0.168 e. The van der Waals surface area contributed by atoms with E-state index in [9.17, 15) is 4.79 Å². The number of benzene rings is 2. The first-order valence-corrected chi connectivity index (χ1v) is 11.1. The molecular weight excluding hydrogens is 424 g/mol. The van der Waals surface area contributed by atoms with Crippen LogP contribution in [0.15, 0.2) is 85.3 Å². The number of hydrogen-bond acceptors (Lipinski definition) is 5. The van der Waals surface area contributed by atoms with Gasteiger partial charge in [-0.15, -0.1) is 0 Å². The zero-order valence-electron chi connectivity index (χ0n) is 19.1. The minimum atomic E-state index is 0.00725. The fourth-order valence-electron chi connectivity index (χ4n) is 3.83. The molecule has 0 spiro atoms. The Morgan fingerprint density at radius 1 is 0.912 bits per heavy atom. The first-order chi connectivity index (χ1) is 16.6. The molecule has 0 unspecified atom stereocenters. The van der Waals surface area contributed by atoms with Crippen LogP contribution >= 0.6 is 0 Å². The molecule has 0 saturated carbocycles. The number of rotatable bonds is 7. The van der Waals surface area contributed by atoms with Crippen LogP contribution < -0.4 is 4.74 Å². The van der Waals surface area contributed by atoms with Crippen molar-refractivity contribution in [3.8, 4) is 17.0 Å². The van der Waals surface area contributed by atoms with E-state index < -0.39 is 0 Å². The number of nitrogens with zero attached hydrogens (tertiary/aromatic N) is 4. The van der Waals surface area contributed by atoms with Crippen molar-refractivity contribution < 1.29 is 9.53 Å². The lowest BCUT2D eigenvalue weighted by Crippen LogP contribution is -2.05. The third-order valence-electron chi connectivity index (χ3n) is 5.91. The first-order valence-electron chi connectivity index (χ1n) is 11.1. The summed E-state index contributed by atoms with van der Waals surface area (Å²) in [7, 11) is 1.98. The lowest BCUT2D eigenvalue weighted by atomic mass is 10.0. The Hall–Kier alpha value is -4.32. The average molecular weight is 449 g/mol. The molecule has 0 N–H and O–H groups in total. The van der Waals surface area contributed by atoms with E-state index in [4.69, 9.17) is 4.74 Å². The number of carbonyl (C=O) groups is 1. The molecule has 34 heavy (non-hydrogen) atoms. The van der Waals surface area contributed by atoms with Gasteiger partial charge >= 0.3 is 0 Å². The molecule has 0 aliphatic heterocycles. The topological polar surface area (TPSA) is 69.9 Å². The number of hydrogen-bond donors (Lipinski definition) is 0. The maximum atomic E-state index is 12.9. The van der Waals surface area contributed by atoms with Gasteiger partial charge in [0.25, 0.3) is 0 Å². The second-order valence-electron chi connectivity index (χ2n) is 8.24. The van der Waals surface area contributed by atoms with E-state index in [-0.39, 0.29) is 12.2 Å². The predicted molar refractivity (Wildman–Crippen MR) is 132 cm³/mol. The Bertz CT molecular complexity index is 1460. The second-order valence-corrected chi connectivity index (χ2v) is 8.24. The summed E-state index contributed by atoms with van der Waals surface area (Å²) >= 11 is 0. The lowest BCUT2D eigenvalue weighted by Gasteiger charge is -2.08. The van der Waals surface area contributed by atoms with Crippen molar-refractivity contribution in [2.45, 2.75) is 20.0 Å². The highest BCUT2D eigenvalue weighted by molar-refractivity contribution is 5.97. The molecule has 0 atom stereocenters. The van der Waals surface area contributed by atoms with Gasteiger partial charge in [-0.2, -0.15) is 0 Å². The Morgan fingerprint density at radius 3 is 2.44 bits per heavy atom. The molecule has 3 heterocycles. The summed E-state index contributed by atoms with van der Waals surface area (Å²) in [5, 5.41) is 0.943. The van der Waals surface area contributed by atoms with Crippen molar-refractivity contribution in [1.82, 2.24) is 19.5 Å². The van der Waals surface area contributed by atoms with Crippen LogP contribution in [-0.4, -0.2) is 25.3 Å². The molecule has 168 valence electrons. The van der Waals surface area contributed by atoms with Crippen molar-refractivity contribution in [2.75, 3.05) is 0 Å². The number of ketones is 1. The smallest absolute Gasteiger partial charge is 0.168 e. The van der Waals surface area contributed by atoms with Crippen LogP contribution in [0.4, 0.5) is 0 Å². The van der Waals surface area contributed by atoms with Crippen molar-refractivity contribution in [3.63, 3.8) is 0 Å². The molecule has 0 amide bonds. The Balaban J connectivity index is 1.29. The van der Waals surface area contributed by atoms with Gasteiger partial charge in [0.15, 0.2) is 5.78 Å². The number of aryl methyl sites for hydroxylation is 1. The monoisotopic (exact) mass is 448 g/mol. The summed E-state index contributed by atoms with van der Waals surface area (Å²) in [5.41, 5.74) is 5.20. The molecule has 0 aliphatic rings. The fourth-order valence-corrected chi connectivity index (χ4v) is 3.83. The molecule has 0 aliphatic carbocycles. The van der Waals surface area contributed by atoms with Gasteiger partial charge in [-0.25, -0.2) is 4.98 Å². The van der Waals surface area contributed by atoms with E-state index in [2.05, 4.69) is 21.0 Å². The Morgan fingerprint density at radius 2 is 1.71 bits per heavy atom. The van der Waals surface area contributed by atoms with Gasteiger partial charge in [0, 0.05) is 35.5 Å². The van der Waals surface area contributed by atoms with Crippen LogP contribution in [0, 0.1) is 6.92 Å². The summed E-state index contributed by atoms with van der Waals surface area (Å²) in [5.74, 6) is 1.67. The van der Waals surface area contributed by atoms with Gasteiger partial charge in [-0.05, 0) is 48.9 Å². The van der Waals surface area contributed by atoms with Crippen LogP contribution in [0.3, 0.4) is 0 Å². The van der Waals surface area contributed by atoms with Crippen molar-refractivity contribution in [1.29, 1.82) is 0 Å². The summed E-state index contributed by atoms with van der Waals surface area (Å²) in [6.45, 7) is 2.46. The Labute approximate surface area is 197 Å². The number of fused-ring (bicyclic) bond motifs is 1. The van der Waals surface area contributed by atoms with Crippen LogP contribution in [0.2, 0.25) is 0 Å². The number of pyridine rings is 2. The highest BCUT2D eigenvalue weighted by Gasteiger charge is 2.11. The molecule has 6 nitrogen and oxygen atoms in total. The Kier molecular flexibility index (Phi) is 5.87. The standard InChI is InChI=1S/C28H24N4O2/c1-19-29-17-27(32(19)2)23-12-22-13-24(30-16-26(22)31-15-23)14-28(33)21-8-10-25(11-9-21)34-18-20-6-4-3-5-7-20/h3-13,15-17H,14,18H2,1-2H3. The number of ether oxygens (including phenoxy) is 1. The number of imidazole rings is 1. The van der Waals surface area contributed by atoms with E-state index in [0.717, 1.165) is 39.3 Å². The molecule has 3 aromatic heterocycles. The second kappa shape index (κ2) is 9.27. The fraction of sp³-hybridized carbons (Fsp3) is 0.143. The maximum absolute atomic E-state index is 12.9. The number of carbonyl (C=O) groups excluding carboxylic acids is 1. The van der Waals surface area contributed by atoms with Crippen LogP contribution in [0.25, 0.3) is 22.2 Å². The summed E-state index contributed by atoms with van der Waals surface area (Å²) in [4.78, 5) is 26.2. The molecule has 0 radical (unpaired) electrons.